The second-order valence-corrected chi connectivity index (χ2v) is 6.97. The quantitative estimate of drug-likeness (QED) is 0.824. The standard InChI is InChI=1S/C20H25N5O3/c1-2-28-17-6-4-3-5-14(17)19(26)24-9-11-25(12-10-24)20(27)18-15-13-21-8-7-16(15)22-23-18/h3-6,21H,2,7-13H2,1H3,(H,22,23). The molecule has 1 aromatic carbocycles. The van der Waals surface area contributed by atoms with Crippen LogP contribution in [0.5, 0.6) is 5.75 Å². The number of fused-ring (bicyclic) bond motifs is 1. The molecule has 0 atom stereocenters. The van der Waals surface area contributed by atoms with Gasteiger partial charge in [-0.2, -0.15) is 5.10 Å². The smallest absolute Gasteiger partial charge is 0.274 e. The van der Waals surface area contributed by atoms with Crippen molar-refractivity contribution in [2.45, 2.75) is 19.9 Å². The Balaban J connectivity index is 1.41. The maximum Gasteiger partial charge on any atom is 0.274 e. The largest absolute Gasteiger partial charge is 0.493 e. The first-order chi connectivity index (χ1) is 13.7. The van der Waals surface area contributed by atoms with Gasteiger partial charge in [0, 0.05) is 56.9 Å². The van der Waals surface area contributed by atoms with Crippen LogP contribution in [0.2, 0.25) is 0 Å². The lowest BCUT2D eigenvalue weighted by Gasteiger charge is -2.35. The van der Waals surface area contributed by atoms with Crippen LogP contribution in [0.1, 0.15) is 39.0 Å². The van der Waals surface area contributed by atoms with E-state index in [-0.39, 0.29) is 11.8 Å². The van der Waals surface area contributed by atoms with Gasteiger partial charge in [-0.05, 0) is 19.1 Å². The van der Waals surface area contributed by atoms with Gasteiger partial charge in [-0.3, -0.25) is 14.7 Å². The van der Waals surface area contributed by atoms with Crippen molar-refractivity contribution in [1.29, 1.82) is 0 Å². The molecular weight excluding hydrogens is 358 g/mol. The number of aromatic amines is 1. The van der Waals surface area contributed by atoms with Gasteiger partial charge in [-0.1, -0.05) is 12.1 Å². The number of amides is 2. The Bertz CT molecular complexity index is 870. The van der Waals surface area contributed by atoms with Crippen LogP contribution >= 0.6 is 0 Å². The van der Waals surface area contributed by atoms with E-state index in [1.54, 1.807) is 15.9 Å². The summed E-state index contributed by atoms with van der Waals surface area (Å²) in [5.41, 5.74) is 3.09. The molecule has 2 aliphatic heterocycles. The highest BCUT2D eigenvalue weighted by atomic mass is 16.5. The molecule has 0 bridgehead atoms. The van der Waals surface area contributed by atoms with E-state index in [9.17, 15) is 9.59 Å². The van der Waals surface area contributed by atoms with Crippen LogP contribution in [-0.2, 0) is 13.0 Å². The maximum atomic E-state index is 12.9. The number of benzene rings is 1. The number of aromatic nitrogens is 2. The van der Waals surface area contributed by atoms with Gasteiger partial charge in [0.2, 0.25) is 0 Å². The van der Waals surface area contributed by atoms with Gasteiger partial charge in [0.05, 0.1) is 12.2 Å². The topological polar surface area (TPSA) is 90.6 Å². The van der Waals surface area contributed by atoms with Crippen LogP contribution in [-0.4, -0.2) is 71.1 Å². The second kappa shape index (κ2) is 8.02. The molecule has 8 heteroatoms. The minimum atomic E-state index is -0.0667. The molecule has 0 radical (unpaired) electrons. The van der Waals surface area contributed by atoms with Crippen LogP contribution in [0, 0.1) is 0 Å². The first-order valence-electron chi connectivity index (χ1n) is 9.76. The molecule has 2 aromatic rings. The fourth-order valence-corrected chi connectivity index (χ4v) is 3.76. The molecule has 148 valence electrons. The third kappa shape index (κ3) is 3.47. The average Bonchev–Trinajstić information content (AvgIpc) is 3.18. The maximum absolute atomic E-state index is 12.9. The number of carbonyl (C=O) groups is 2. The van der Waals surface area contributed by atoms with Gasteiger partial charge in [-0.25, -0.2) is 0 Å². The number of hydrogen-bond donors (Lipinski definition) is 2. The zero-order valence-electron chi connectivity index (χ0n) is 16.0. The van der Waals surface area contributed by atoms with Crippen LogP contribution in [0.15, 0.2) is 24.3 Å². The lowest BCUT2D eigenvalue weighted by atomic mass is 10.1. The molecule has 8 nitrogen and oxygen atoms in total. The minimum Gasteiger partial charge on any atom is -0.493 e. The third-order valence-corrected chi connectivity index (χ3v) is 5.28. The van der Waals surface area contributed by atoms with Crippen molar-refractivity contribution in [1.82, 2.24) is 25.3 Å². The number of ether oxygens (including phenoxy) is 1. The Kier molecular flexibility index (Phi) is 5.29. The molecule has 0 aliphatic carbocycles. The van der Waals surface area contributed by atoms with Crippen molar-refractivity contribution in [3.8, 4) is 5.75 Å². The monoisotopic (exact) mass is 383 g/mol. The van der Waals surface area contributed by atoms with Gasteiger partial charge in [0.1, 0.15) is 5.75 Å². The number of para-hydroxylation sites is 1. The van der Waals surface area contributed by atoms with Crippen molar-refractivity contribution < 1.29 is 14.3 Å². The van der Waals surface area contributed by atoms with E-state index in [1.807, 2.05) is 25.1 Å². The molecule has 0 spiro atoms. The third-order valence-electron chi connectivity index (χ3n) is 5.28. The van der Waals surface area contributed by atoms with Gasteiger partial charge in [-0.15, -0.1) is 0 Å². The molecule has 3 heterocycles. The molecule has 2 aliphatic rings. The fourth-order valence-electron chi connectivity index (χ4n) is 3.76. The lowest BCUT2D eigenvalue weighted by Crippen LogP contribution is -2.51. The minimum absolute atomic E-state index is 0.0579. The van der Waals surface area contributed by atoms with Crippen molar-refractivity contribution in [2.75, 3.05) is 39.3 Å². The van der Waals surface area contributed by atoms with Crippen LogP contribution in [0.3, 0.4) is 0 Å². The highest BCUT2D eigenvalue weighted by Crippen LogP contribution is 2.22. The number of carbonyl (C=O) groups excluding carboxylic acids is 2. The van der Waals surface area contributed by atoms with Gasteiger partial charge in [0.15, 0.2) is 5.69 Å². The summed E-state index contributed by atoms with van der Waals surface area (Å²) in [4.78, 5) is 29.4. The number of H-pyrrole nitrogens is 1. The molecule has 2 amide bonds. The lowest BCUT2D eigenvalue weighted by molar-refractivity contribution is 0.0529. The van der Waals surface area contributed by atoms with E-state index in [0.717, 1.165) is 24.2 Å². The number of nitrogens with zero attached hydrogens (tertiary/aromatic N) is 3. The Morgan fingerprint density at radius 3 is 2.57 bits per heavy atom. The highest BCUT2D eigenvalue weighted by Gasteiger charge is 2.30. The summed E-state index contributed by atoms with van der Waals surface area (Å²) in [6.07, 6.45) is 0.858. The van der Waals surface area contributed by atoms with Gasteiger partial charge < -0.3 is 19.9 Å². The van der Waals surface area contributed by atoms with E-state index in [1.165, 1.54) is 0 Å². The first kappa shape index (κ1) is 18.5. The normalized spacial score (nSPS) is 16.6. The Labute approximate surface area is 163 Å². The zero-order valence-corrected chi connectivity index (χ0v) is 16.0. The molecule has 1 aromatic heterocycles. The number of piperazine rings is 1. The van der Waals surface area contributed by atoms with Gasteiger partial charge >= 0.3 is 0 Å². The molecular formula is C20H25N5O3. The van der Waals surface area contributed by atoms with E-state index >= 15 is 0 Å². The molecule has 4 rings (SSSR count). The summed E-state index contributed by atoms with van der Waals surface area (Å²) >= 11 is 0. The van der Waals surface area contributed by atoms with E-state index in [2.05, 4.69) is 15.5 Å². The van der Waals surface area contributed by atoms with Gasteiger partial charge in [0.25, 0.3) is 11.8 Å². The van der Waals surface area contributed by atoms with Crippen LogP contribution in [0.4, 0.5) is 0 Å². The van der Waals surface area contributed by atoms with E-state index < -0.39 is 0 Å². The number of hydrogen-bond acceptors (Lipinski definition) is 5. The SMILES string of the molecule is CCOc1ccccc1C(=O)N1CCN(C(=O)c2n[nH]c3c2CNCC3)CC1. The Hall–Kier alpha value is -2.87. The molecule has 0 unspecified atom stereocenters. The molecule has 2 N–H and O–H groups in total. The van der Waals surface area contributed by atoms with Crippen LogP contribution in [0.25, 0.3) is 0 Å². The predicted octanol–water partition coefficient (Wildman–Crippen LogP) is 1.05. The molecule has 0 saturated carbocycles. The van der Waals surface area contributed by atoms with Crippen LogP contribution < -0.4 is 10.1 Å². The molecule has 1 saturated heterocycles. The first-order valence-corrected chi connectivity index (χ1v) is 9.76. The molecule has 1 fully saturated rings. The predicted molar refractivity (Wildman–Crippen MR) is 103 cm³/mol. The van der Waals surface area contributed by atoms with Crippen molar-refractivity contribution in [3.63, 3.8) is 0 Å². The summed E-state index contributed by atoms with van der Waals surface area (Å²) in [5.74, 6) is 0.477. The van der Waals surface area contributed by atoms with E-state index in [0.29, 0.717) is 56.3 Å². The fraction of sp³-hybridized carbons (Fsp3) is 0.450. The number of nitrogens with one attached hydrogen (secondary N) is 2. The summed E-state index contributed by atoms with van der Waals surface area (Å²) in [6, 6.07) is 7.29. The summed E-state index contributed by atoms with van der Waals surface area (Å²) in [5, 5.41) is 10.5. The highest BCUT2D eigenvalue weighted by molar-refractivity contribution is 5.97. The Morgan fingerprint density at radius 2 is 1.82 bits per heavy atom. The summed E-state index contributed by atoms with van der Waals surface area (Å²) in [6.45, 7) is 5.95. The number of rotatable bonds is 4. The molecule has 28 heavy (non-hydrogen) atoms. The Morgan fingerprint density at radius 1 is 1.11 bits per heavy atom. The zero-order chi connectivity index (χ0) is 19.5. The van der Waals surface area contributed by atoms with E-state index in [4.69, 9.17) is 4.74 Å². The van der Waals surface area contributed by atoms with Crippen molar-refractivity contribution in [2.24, 2.45) is 0 Å². The van der Waals surface area contributed by atoms with Crippen molar-refractivity contribution >= 4 is 11.8 Å². The average molecular weight is 383 g/mol. The van der Waals surface area contributed by atoms with Crippen molar-refractivity contribution in [3.05, 3.63) is 46.8 Å². The second-order valence-electron chi connectivity index (χ2n) is 6.97. The summed E-state index contributed by atoms with van der Waals surface area (Å²) in [7, 11) is 0. The summed E-state index contributed by atoms with van der Waals surface area (Å²) < 4.78 is 5.58.